The Morgan fingerprint density at radius 3 is 0.511 bits per heavy atom. The normalized spacial score (nSPS) is 10.1. The van der Waals surface area contributed by atoms with Gasteiger partial charge < -0.3 is 10.2 Å². The van der Waals surface area contributed by atoms with Crippen molar-refractivity contribution in [3.63, 3.8) is 0 Å². The van der Waals surface area contributed by atoms with Gasteiger partial charge in [0.15, 0.2) is 0 Å². The third-order valence-electron chi connectivity index (χ3n) is 6.37. The van der Waals surface area contributed by atoms with Crippen LogP contribution in [-0.4, -0.2) is 22.4 Å². The van der Waals surface area contributed by atoms with Crippen molar-refractivity contribution in [2.45, 2.75) is 39.9 Å². The first-order chi connectivity index (χ1) is 22.4. The summed E-state index contributed by atoms with van der Waals surface area (Å²) in [5, 5.41) is 24.7. The largest absolute Gasteiger partial charge is 0.394 e. The molecule has 47 heavy (non-hydrogen) atoms. The van der Waals surface area contributed by atoms with Crippen LogP contribution in [0.4, 0.5) is 0 Å². The van der Waals surface area contributed by atoms with E-state index >= 15 is 0 Å². The summed E-state index contributed by atoms with van der Waals surface area (Å²) in [4.78, 5) is 0. The Kier molecular flexibility index (Phi) is 19.7. The van der Waals surface area contributed by atoms with Crippen LogP contribution in [0.1, 0.15) is 27.7 Å². The molecule has 0 aliphatic heterocycles. The van der Waals surface area contributed by atoms with Crippen LogP contribution < -0.4 is 31.8 Å². The molecule has 0 unspecified atom stereocenters. The second kappa shape index (κ2) is 23.1. The van der Waals surface area contributed by atoms with E-state index in [9.17, 15) is 0 Å². The van der Waals surface area contributed by atoms with E-state index in [0.717, 1.165) is 0 Å². The van der Waals surface area contributed by atoms with Gasteiger partial charge in [-0.3, -0.25) is 0 Å². The quantitative estimate of drug-likeness (QED) is 0.141. The Balaban J connectivity index is 0.000000262. The van der Waals surface area contributed by atoms with Crippen LogP contribution in [0.25, 0.3) is 0 Å². The van der Waals surface area contributed by atoms with Crippen LogP contribution in [-0.2, 0) is 20.4 Å². The molecule has 2 N–H and O–H groups in total. The van der Waals surface area contributed by atoms with Gasteiger partial charge in [-0.2, -0.15) is 0 Å². The van der Waals surface area contributed by atoms with Crippen molar-refractivity contribution in [2.75, 3.05) is 0 Å². The summed E-state index contributed by atoms with van der Waals surface area (Å²) in [5.74, 6) is 0. The van der Waals surface area contributed by atoms with Gasteiger partial charge in [-0.05, 0) is 100 Å². The van der Waals surface area contributed by atoms with Crippen LogP contribution in [0.5, 0.6) is 0 Å². The second-order valence-corrected chi connectivity index (χ2v) is 16.1. The molecule has 0 bridgehead atoms. The fourth-order valence-corrected chi connectivity index (χ4v) is 9.78. The van der Waals surface area contributed by atoms with Gasteiger partial charge in [-0.1, -0.05) is 109 Å². The summed E-state index contributed by atoms with van der Waals surface area (Å²) in [6, 6.07) is 65.0. The first kappa shape index (κ1) is 39.9. The molecular weight excluding hydrogens is 705 g/mol. The van der Waals surface area contributed by atoms with E-state index in [1.54, 1.807) is 27.7 Å². The van der Waals surface area contributed by atoms with Gasteiger partial charge in [0, 0.05) is 32.6 Å². The predicted octanol–water partition coefficient (Wildman–Crippen LogP) is 7.13. The standard InChI is InChI=1S/2C18H15P.2C3H8O.Pd/c2*1-4-10-16(11-5-1)19(17-12-6-2-7-13-17)18-14-8-3-9-15-18;2*1-3(2)4;/h2*1-15H;2*3-4H,1-2H3;/p+2. The van der Waals surface area contributed by atoms with Gasteiger partial charge in [0.1, 0.15) is 31.8 Å². The molecule has 2 nitrogen and oxygen atoms in total. The van der Waals surface area contributed by atoms with Gasteiger partial charge in [-0.15, -0.1) is 0 Å². The molecule has 5 heteroatoms. The average molecular weight is 753 g/mol. The molecule has 246 valence electrons. The van der Waals surface area contributed by atoms with Gasteiger partial charge in [0.2, 0.25) is 0 Å². The molecule has 6 aromatic rings. The SMILES string of the molecule is CC(C)O.CC(C)O.[Pd].c1ccc([PH+](c2ccccc2)c2ccccc2)cc1.c1ccc([PH+](c2ccccc2)c2ccccc2)cc1. The first-order valence-corrected chi connectivity index (χ1v) is 18.8. The monoisotopic (exact) mass is 752 g/mol. The predicted molar refractivity (Wildman–Crippen MR) is 208 cm³/mol. The summed E-state index contributed by atoms with van der Waals surface area (Å²) in [5.41, 5.74) is 0. The zero-order valence-electron chi connectivity index (χ0n) is 27.7. The molecule has 0 spiro atoms. The van der Waals surface area contributed by atoms with E-state index in [2.05, 4.69) is 182 Å². The summed E-state index contributed by atoms with van der Waals surface area (Å²) in [6.45, 7) is 6.89. The summed E-state index contributed by atoms with van der Waals surface area (Å²) in [6.07, 6.45) is -0.333. The number of aliphatic hydroxyl groups is 2. The molecule has 0 amide bonds. The number of rotatable bonds is 6. The van der Waals surface area contributed by atoms with Gasteiger partial charge in [-0.25, -0.2) is 0 Å². The Morgan fingerprint density at radius 1 is 0.298 bits per heavy atom. The summed E-state index contributed by atoms with van der Waals surface area (Å²) < 4.78 is 0. The van der Waals surface area contributed by atoms with Gasteiger partial charge >= 0.3 is 0 Å². The van der Waals surface area contributed by atoms with Crippen molar-refractivity contribution in [1.29, 1.82) is 0 Å². The van der Waals surface area contributed by atoms with Crippen molar-refractivity contribution in [2.24, 2.45) is 0 Å². The molecule has 6 aromatic carbocycles. The van der Waals surface area contributed by atoms with Crippen molar-refractivity contribution in [3.8, 4) is 0 Å². The van der Waals surface area contributed by atoms with Crippen LogP contribution >= 0.6 is 15.8 Å². The fraction of sp³-hybridized carbons (Fsp3) is 0.143. The molecule has 0 saturated heterocycles. The third-order valence-corrected chi connectivity index (χ3v) is 11.8. The minimum absolute atomic E-state index is 0. The topological polar surface area (TPSA) is 40.5 Å². The van der Waals surface area contributed by atoms with Crippen molar-refractivity contribution in [3.05, 3.63) is 182 Å². The molecule has 0 fully saturated rings. The summed E-state index contributed by atoms with van der Waals surface area (Å²) in [7, 11) is -1.75. The molecular formula is C42H48O2P2Pd+2. The van der Waals surface area contributed by atoms with E-state index in [1.807, 2.05) is 0 Å². The average Bonchev–Trinajstić information content (AvgIpc) is 3.08. The number of hydrogen-bond donors (Lipinski definition) is 2. The van der Waals surface area contributed by atoms with Crippen LogP contribution in [0.15, 0.2) is 182 Å². The van der Waals surface area contributed by atoms with Crippen LogP contribution in [0.2, 0.25) is 0 Å². The van der Waals surface area contributed by atoms with Crippen molar-refractivity contribution < 1.29 is 30.6 Å². The van der Waals surface area contributed by atoms with E-state index in [1.165, 1.54) is 31.8 Å². The molecule has 0 aliphatic carbocycles. The van der Waals surface area contributed by atoms with E-state index < -0.39 is 15.8 Å². The van der Waals surface area contributed by atoms with Crippen LogP contribution in [0.3, 0.4) is 0 Å². The molecule has 0 saturated carbocycles. The second-order valence-electron chi connectivity index (χ2n) is 11.1. The minimum atomic E-state index is -0.877. The maximum absolute atomic E-state index is 8.06. The molecule has 0 aromatic heterocycles. The van der Waals surface area contributed by atoms with E-state index in [4.69, 9.17) is 10.2 Å². The van der Waals surface area contributed by atoms with E-state index in [-0.39, 0.29) is 32.6 Å². The van der Waals surface area contributed by atoms with Crippen molar-refractivity contribution in [1.82, 2.24) is 0 Å². The number of aliphatic hydroxyl groups excluding tert-OH is 2. The van der Waals surface area contributed by atoms with Crippen molar-refractivity contribution >= 4 is 47.7 Å². The third kappa shape index (κ3) is 15.0. The zero-order valence-corrected chi connectivity index (χ0v) is 31.2. The first-order valence-electron chi connectivity index (χ1n) is 15.8. The Bertz CT molecular complexity index is 1270. The Labute approximate surface area is 298 Å². The van der Waals surface area contributed by atoms with Crippen LogP contribution in [0, 0.1) is 0 Å². The molecule has 0 heterocycles. The Hall–Kier alpha value is -3.24. The smallest absolute Gasteiger partial charge is 0.102 e. The maximum atomic E-state index is 8.06. The fourth-order valence-electron chi connectivity index (χ4n) is 4.63. The molecule has 0 atom stereocenters. The number of benzene rings is 6. The minimum Gasteiger partial charge on any atom is -0.394 e. The van der Waals surface area contributed by atoms with E-state index in [0.29, 0.717) is 0 Å². The van der Waals surface area contributed by atoms with Gasteiger partial charge in [0.25, 0.3) is 0 Å². The Morgan fingerprint density at radius 2 is 0.404 bits per heavy atom. The maximum Gasteiger partial charge on any atom is 0.102 e. The molecule has 6 rings (SSSR count). The van der Waals surface area contributed by atoms with Gasteiger partial charge in [0.05, 0.1) is 15.8 Å². The zero-order chi connectivity index (χ0) is 33.0. The molecule has 0 aliphatic rings. The summed E-state index contributed by atoms with van der Waals surface area (Å²) >= 11 is 0. The molecule has 0 radical (unpaired) electrons. The number of hydrogen-bond acceptors (Lipinski definition) is 2.